The van der Waals surface area contributed by atoms with Crippen LogP contribution in [0.25, 0.3) is 21.9 Å². The third-order valence-electron chi connectivity index (χ3n) is 9.87. The molecule has 0 atom stereocenters. The summed E-state index contributed by atoms with van der Waals surface area (Å²) in [6.45, 7) is 9.06. The summed E-state index contributed by atoms with van der Waals surface area (Å²) < 4.78 is 0. The van der Waals surface area contributed by atoms with E-state index in [2.05, 4.69) is 210 Å². The fourth-order valence-corrected chi connectivity index (χ4v) is 8.43. The van der Waals surface area contributed by atoms with E-state index >= 15 is 0 Å². The van der Waals surface area contributed by atoms with Gasteiger partial charge in [-0.2, -0.15) is 0 Å². The van der Waals surface area contributed by atoms with Gasteiger partial charge in [0.05, 0.1) is 0 Å². The van der Waals surface area contributed by atoms with E-state index in [0.29, 0.717) is 0 Å². The Hall–Kier alpha value is -4.52. The van der Waals surface area contributed by atoms with Crippen LogP contribution in [0.4, 0.5) is 34.1 Å². The molecule has 0 radical (unpaired) electrons. The van der Waals surface area contributed by atoms with Crippen LogP contribution < -0.4 is 9.80 Å². The Bertz CT molecular complexity index is 2310. The number of aryl methyl sites for hydroxylation is 2. The van der Waals surface area contributed by atoms with Crippen molar-refractivity contribution in [3.63, 3.8) is 0 Å². The van der Waals surface area contributed by atoms with Crippen molar-refractivity contribution < 1.29 is 0 Å². The second-order valence-electron chi connectivity index (χ2n) is 13.5. The topological polar surface area (TPSA) is 6.48 Å². The van der Waals surface area contributed by atoms with Gasteiger partial charge >= 0.3 is 0 Å². The molecule has 0 heterocycles. The molecule has 0 bridgehead atoms. The third kappa shape index (κ3) is 5.81. The minimum absolute atomic E-state index is 0.164. The van der Waals surface area contributed by atoms with E-state index in [1.165, 1.54) is 60.4 Å². The van der Waals surface area contributed by atoms with Crippen LogP contribution in [0.2, 0.25) is 0 Å². The van der Waals surface area contributed by atoms with Crippen molar-refractivity contribution in [2.45, 2.75) is 38.0 Å². The largest absolute Gasteiger partial charge is 0.310 e. The molecule has 240 valence electrons. The van der Waals surface area contributed by atoms with Crippen LogP contribution >= 0.6 is 30.1 Å². The Morgan fingerprint density at radius 2 is 1.02 bits per heavy atom. The van der Waals surface area contributed by atoms with Gasteiger partial charge in [-0.1, -0.05) is 82.9 Å². The molecule has 0 aliphatic heterocycles. The number of para-hydroxylation sites is 1. The molecule has 0 fully saturated rings. The molecule has 8 rings (SSSR count). The van der Waals surface area contributed by atoms with Crippen LogP contribution in [0.5, 0.6) is 0 Å². The van der Waals surface area contributed by atoms with E-state index in [9.17, 15) is 0 Å². The van der Waals surface area contributed by atoms with Gasteiger partial charge in [-0.25, -0.2) is 0 Å². The summed E-state index contributed by atoms with van der Waals surface area (Å²) in [6, 6.07) is 55.9. The maximum atomic E-state index is 2.44. The Labute approximate surface area is 306 Å². The molecule has 2 nitrogen and oxygen atoms in total. The van der Waals surface area contributed by atoms with Gasteiger partial charge in [-0.3, -0.25) is 0 Å². The summed E-state index contributed by atoms with van der Waals surface area (Å²) in [7, 11) is 1.74. The maximum Gasteiger partial charge on any atom is 0.0468 e. The SMILES string of the molecule is Cc1ccc(N(c2cccc(C)c2)c2ccc3c(c2)C(C)(C)c2cc4cc(N(c5ccccc5)c5ccc(SI)cc5)ccc4cc2-3)cc1. The number of anilines is 6. The first-order valence-electron chi connectivity index (χ1n) is 16.7. The molecule has 0 spiro atoms. The van der Waals surface area contributed by atoms with Crippen molar-refractivity contribution in [1.82, 2.24) is 0 Å². The van der Waals surface area contributed by atoms with Gasteiger partial charge in [0.2, 0.25) is 0 Å². The van der Waals surface area contributed by atoms with E-state index in [1.807, 2.05) is 0 Å². The highest BCUT2D eigenvalue weighted by molar-refractivity contribution is 14.2. The van der Waals surface area contributed by atoms with Crippen LogP contribution in [-0.2, 0) is 5.41 Å². The standard InChI is InChI=1S/C45H37IN2S/c1-30-13-16-35(17-14-30)48(37-12-8-9-31(2)25-37)39-21-24-41-42-27-32-15-18-38(26-33(32)28-43(42)45(3,4)44(41)29-39)47(34-10-6-5-7-11-34)36-19-22-40(49-46)23-20-36/h5-29H,1-4H3. The Morgan fingerprint density at radius 1 is 0.449 bits per heavy atom. The normalized spacial score (nSPS) is 12.8. The lowest BCUT2D eigenvalue weighted by Gasteiger charge is -2.28. The van der Waals surface area contributed by atoms with E-state index in [-0.39, 0.29) is 5.41 Å². The predicted molar refractivity (Wildman–Crippen MR) is 220 cm³/mol. The number of rotatable bonds is 7. The first-order valence-corrected chi connectivity index (χ1v) is 20.1. The van der Waals surface area contributed by atoms with Crippen LogP contribution in [0.3, 0.4) is 0 Å². The summed E-state index contributed by atoms with van der Waals surface area (Å²) in [4.78, 5) is 5.99. The minimum Gasteiger partial charge on any atom is -0.310 e. The third-order valence-corrected chi connectivity index (χ3v) is 11.8. The fraction of sp³-hybridized carbons (Fsp3) is 0.111. The molecule has 49 heavy (non-hydrogen) atoms. The monoisotopic (exact) mass is 764 g/mol. The van der Waals surface area contributed by atoms with Crippen LogP contribution in [0, 0.1) is 13.8 Å². The summed E-state index contributed by atoms with van der Waals surface area (Å²) in [5, 5.41) is 2.50. The van der Waals surface area contributed by atoms with Gasteiger partial charge in [0.25, 0.3) is 0 Å². The summed E-state index contributed by atoms with van der Waals surface area (Å²) >= 11 is 2.34. The second-order valence-corrected chi connectivity index (χ2v) is 15.5. The van der Waals surface area contributed by atoms with E-state index in [0.717, 1.165) is 22.7 Å². The quantitative estimate of drug-likeness (QED) is 0.149. The number of hydrogen-bond acceptors (Lipinski definition) is 3. The Kier molecular flexibility index (Phi) is 8.25. The highest BCUT2D eigenvalue weighted by Gasteiger charge is 2.36. The van der Waals surface area contributed by atoms with Crippen molar-refractivity contribution in [1.29, 1.82) is 0 Å². The fourth-order valence-electron chi connectivity index (χ4n) is 7.31. The number of nitrogens with zero attached hydrogens (tertiary/aromatic N) is 2. The van der Waals surface area contributed by atoms with Gasteiger partial charge in [-0.15, -0.1) is 0 Å². The zero-order valence-electron chi connectivity index (χ0n) is 28.1. The van der Waals surface area contributed by atoms with E-state index < -0.39 is 0 Å². The summed E-state index contributed by atoms with van der Waals surface area (Å²) in [5.74, 6) is 0. The number of fused-ring (bicyclic) bond motifs is 4. The van der Waals surface area contributed by atoms with Gasteiger partial charge in [0, 0.05) is 65.6 Å². The smallest absolute Gasteiger partial charge is 0.0468 e. The lowest BCUT2D eigenvalue weighted by Crippen LogP contribution is -2.16. The molecule has 0 unspecified atom stereocenters. The number of hydrogen-bond donors (Lipinski definition) is 0. The van der Waals surface area contributed by atoms with E-state index in [4.69, 9.17) is 0 Å². The zero-order valence-corrected chi connectivity index (χ0v) is 31.1. The van der Waals surface area contributed by atoms with Crippen LogP contribution in [0.15, 0.2) is 157 Å². The zero-order chi connectivity index (χ0) is 33.7. The summed E-state index contributed by atoms with van der Waals surface area (Å²) in [5.41, 5.74) is 14.7. The minimum atomic E-state index is -0.164. The Morgan fingerprint density at radius 3 is 1.73 bits per heavy atom. The van der Waals surface area contributed by atoms with Gasteiger partial charge in [0.1, 0.15) is 0 Å². The van der Waals surface area contributed by atoms with Crippen LogP contribution in [0.1, 0.15) is 36.1 Å². The number of halogens is 1. The second kappa shape index (κ2) is 12.7. The number of benzene rings is 7. The predicted octanol–water partition coefficient (Wildman–Crippen LogP) is 14.1. The van der Waals surface area contributed by atoms with Crippen molar-refractivity contribution in [2.24, 2.45) is 0 Å². The average molecular weight is 765 g/mol. The van der Waals surface area contributed by atoms with Crippen LogP contribution in [-0.4, -0.2) is 0 Å². The molecule has 7 aromatic rings. The molecule has 0 amide bonds. The van der Waals surface area contributed by atoms with Crippen molar-refractivity contribution in [2.75, 3.05) is 9.80 Å². The molecule has 1 aliphatic carbocycles. The Balaban J connectivity index is 1.23. The van der Waals surface area contributed by atoms with Crippen molar-refractivity contribution in [3.05, 3.63) is 174 Å². The molecular weight excluding hydrogens is 727 g/mol. The highest BCUT2D eigenvalue weighted by atomic mass is 127. The molecule has 0 saturated heterocycles. The molecule has 0 aromatic heterocycles. The molecule has 4 heteroatoms. The van der Waals surface area contributed by atoms with Gasteiger partial charge < -0.3 is 9.80 Å². The molecule has 0 N–H and O–H groups in total. The average Bonchev–Trinajstić information content (AvgIpc) is 3.34. The molecule has 0 saturated carbocycles. The maximum absolute atomic E-state index is 2.44. The van der Waals surface area contributed by atoms with Crippen molar-refractivity contribution in [3.8, 4) is 11.1 Å². The van der Waals surface area contributed by atoms with E-state index in [1.54, 1.807) is 8.93 Å². The molecular formula is C45H37IN2S. The van der Waals surface area contributed by atoms with Gasteiger partial charge in [0.15, 0.2) is 0 Å². The lowest BCUT2D eigenvalue weighted by atomic mass is 9.81. The first kappa shape index (κ1) is 31.7. The highest BCUT2D eigenvalue weighted by Crippen LogP contribution is 2.52. The van der Waals surface area contributed by atoms with Gasteiger partial charge in [-0.05, 0) is 149 Å². The lowest BCUT2D eigenvalue weighted by molar-refractivity contribution is 0.661. The first-order chi connectivity index (χ1) is 23.8. The molecule has 7 aromatic carbocycles. The molecule has 1 aliphatic rings. The van der Waals surface area contributed by atoms with Crippen molar-refractivity contribution >= 4 is 75.0 Å². The summed E-state index contributed by atoms with van der Waals surface area (Å²) in [6.07, 6.45) is 0.